The van der Waals surface area contributed by atoms with Crippen molar-refractivity contribution >= 4 is 11.9 Å². The van der Waals surface area contributed by atoms with Gasteiger partial charge in [-0.05, 0) is 57.8 Å². The summed E-state index contributed by atoms with van der Waals surface area (Å²) in [6.45, 7) is 4.97. The van der Waals surface area contributed by atoms with Crippen LogP contribution in [0.2, 0.25) is 0 Å². The molecule has 2 unspecified atom stereocenters. The number of hydrogen-bond donors (Lipinski definition) is 3. The quantitative estimate of drug-likeness (QED) is 0.0320. The van der Waals surface area contributed by atoms with Crippen LogP contribution in [-0.2, 0) is 14.3 Å². The summed E-state index contributed by atoms with van der Waals surface area (Å²) < 4.78 is 5.52. The number of carbonyl (C=O) groups is 2. The third kappa shape index (κ3) is 83.2. The number of hydrogen-bond acceptors (Lipinski definition) is 5. The number of esters is 1. The predicted octanol–water partition coefficient (Wildman–Crippen LogP) is 30.3. The number of nitrogens with one attached hydrogen (secondary N) is 1. The highest BCUT2D eigenvalue weighted by molar-refractivity contribution is 5.76. The van der Waals surface area contributed by atoms with Gasteiger partial charge in [-0.2, -0.15) is 0 Å². The molecule has 0 aliphatic heterocycles. The number of aliphatic hydroxyl groups is 2. The molecule has 0 spiro atoms. The van der Waals surface area contributed by atoms with E-state index in [1.807, 2.05) is 6.08 Å². The molecule has 0 aliphatic carbocycles. The molecular formula is C91H177NO5. The molecule has 0 radical (unpaired) electrons. The second-order valence-corrected chi connectivity index (χ2v) is 31.3. The zero-order chi connectivity index (χ0) is 69.8. The summed E-state index contributed by atoms with van der Waals surface area (Å²) in [5.74, 6) is -0.0344. The van der Waals surface area contributed by atoms with Crippen LogP contribution in [-0.4, -0.2) is 47.4 Å². The number of ether oxygens (including phenoxy) is 1. The highest BCUT2D eigenvalue weighted by Crippen LogP contribution is 2.21. The molecule has 0 aliphatic rings. The highest BCUT2D eigenvalue weighted by Gasteiger charge is 2.18. The maximum absolute atomic E-state index is 12.6. The molecule has 576 valence electrons. The van der Waals surface area contributed by atoms with Gasteiger partial charge in [-0.25, -0.2) is 0 Å². The van der Waals surface area contributed by atoms with Crippen LogP contribution in [0.15, 0.2) is 24.3 Å². The van der Waals surface area contributed by atoms with Crippen LogP contribution < -0.4 is 5.32 Å². The molecule has 0 bridgehead atoms. The van der Waals surface area contributed by atoms with Gasteiger partial charge >= 0.3 is 5.97 Å². The van der Waals surface area contributed by atoms with E-state index in [4.69, 9.17) is 4.74 Å². The maximum atomic E-state index is 12.6. The number of carbonyl (C=O) groups excluding carboxylic acids is 2. The molecule has 0 fully saturated rings. The Morgan fingerprint density at radius 1 is 0.278 bits per heavy atom. The summed E-state index contributed by atoms with van der Waals surface area (Å²) in [7, 11) is 0. The molecule has 2 atom stereocenters. The first kappa shape index (κ1) is 95.3. The Bertz CT molecular complexity index is 1530. The Morgan fingerprint density at radius 2 is 0.485 bits per heavy atom. The van der Waals surface area contributed by atoms with Crippen molar-refractivity contribution in [1.29, 1.82) is 0 Å². The van der Waals surface area contributed by atoms with E-state index in [1.54, 1.807) is 6.08 Å². The maximum Gasteiger partial charge on any atom is 0.305 e. The zero-order valence-corrected chi connectivity index (χ0v) is 66.4. The van der Waals surface area contributed by atoms with Gasteiger partial charge in [0, 0.05) is 12.8 Å². The van der Waals surface area contributed by atoms with Crippen molar-refractivity contribution in [2.45, 2.75) is 533 Å². The van der Waals surface area contributed by atoms with E-state index in [2.05, 4.69) is 31.3 Å². The van der Waals surface area contributed by atoms with Crippen molar-refractivity contribution in [2.24, 2.45) is 0 Å². The number of allylic oxidation sites excluding steroid dienone is 3. The van der Waals surface area contributed by atoms with Crippen molar-refractivity contribution in [3.05, 3.63) is 24.3 Å². The van der Waals surface area contributed by atoms with Crippen LogP contribution in [0.5, 0.6) is 0 Å². The SMILES string of the molecule is CCCCCCCCC/C=C\CCCCCCCCCC(=O)OCCCCCCCCCCCCCCCCCCCCCCCCCCCCCCCCCCCCCCCC(=O)NC(CO)C(O)/C=C/CCCCCCCCCCCCCCCCCCCCCCCCC. The Kier molecular flexibility index (Phi) is 85.3. The van der Waals surface area contributed by atoms with Gasteiger partial charge in [-0.3, -0.25) is 9.59 Å². The van der Waals surface area contributed by atoms with Crippen molar-refractivity contribution < 1.29 is 24.5 Å². The lowest BCUT2D eigenvalue weighted by molar-refractivity contribution is -0.143. The molecule has 0 saturated heterocycles. The minimum absolute atomic E-state index is 0.0216. The third-order valence-corrected chi connectivity index (χ3v) is 21.5. The van der Waals surface area contributed by atoms with Gasteiger partial charge in [0.05, 0.1) is 25.4 Å². The predicted molar refractivity (Wildman–Crippen MR) is 430 cm³/mol. The molecule has 0 aromatic rings. The number of aliphatic hydroxyl groups excluding tert-OH is 2. The van der Waals surface area contributed by atoms with Crippen molar-refractivity contribution in [3.63, 3.8) is 0 Å². The van der Waals surface area contributed by atoms with E-state index >= 15 is 0 Å². The average Bonchev–Trinajstić information content (AvgIpc) is 3.68. The lowest BCUT2D eigenvalue weighted by atomic mass is 10.0. The van der Waals surface area contributed by atoms with Crippen LogP contribution in [0.4, 0.5) is 0 Å². The van der Waals surface area contributed by atoms with Gasteiger partial charge in [0.15, 0.2) is 0 Å². The number of rotatable bonds is 86. The second kappa shape index (κ2) is 86.7. The molecule has 0 heterocycles. The van der Waals surface area contributed by atoms with Gasteiger partial charge in [0.2, 0.25) is 5.91 Å². The van der Waals surface area contributed by atoms with E-state index in [9.17, 15) is 19.8 Å². The molecule has 97 heavy (non-hydrogen) atoms. The fraction of sp³-hybridized carbons (Fsp3) is 0.934. The lowest BCUT2D eigenvalue weighted by Gasteiger charge is -2.20. The molecule has 6 nitrogen and oxygen atoms in total. The van der Waals surface area contributed by atoms with E-state index in [0.717, 1.165) is 38.5 Å². The van der Waals surface area contributed by atoms with Crippen molar-refractivity contribution in [2.75, 3.05) is 13.2 Å². The van der Waals surface area contributed by atoms with Crippen LogP contribution in [0.1, 0.15) is 521 Å². The van der Waals surface area contributed by atoms with Crippen molar-refractivity contribution in [3.8, 4) is 0 Å². The van der Waals surface area contributed by atoms with E-state index < -0.39 is 12.1 Å². The van der Waals surface area contributed by atoms with Crippen molar-refractivity contribution in [1.82, 2.24) is 5.32 Å². The summed E-state index contributed by atoms with van der Waals surface area (Å²) in [5.41, 5.74) is 0. The second-order valence-electron chi connectivity index (χ2n) is 31.3. The topological polar surface area (TPSA) is 95.9 Å². The van der Waals surface area contributed by atoms with Gasteiger partial charge < -0.3 is 20.3 Å². The van der Waals surface area contributed by atoms with Crippen LogP contribution in [0.25, 0.3) is 0 Å². The Hall–Kier alpha value is -1.66. The third-order valence-electron chi connectivity index (χ3n) is 21.5. The number of unbranched alkanes of at least 4 members (excludes halogenated alkanes) is 73. The molecule has 6 heteroatoms. The molecule has 0 aromatic heterocycles. The molecule has 0 aromatic carbocycles. The monoisotopic (exact) mass is 1360 g/mol. The normalized spacial score (nSPS) is 12.5. The molecule has 0 rings (SSSR count). The minimum Gasteiger partial charge on any atom is -0.466 e. The Balaban J connectivity index is 3.32. The highest BCUT2D eigenvalue weighted by atomic mass is 16.5. The lowest BCUT2D eigenvalue weighted by Crippen LogP contribution is -2.45. The first-order valence-corrected chi connectivity index (χ1v) is 45.1. The largest absolute Gasteiger partial charge is 0.466 e. The smallest absolute Gasteiger partial charge is 0.305 e. The zero-order valence-electron chi connectivity index (χ0n) is 66.4. The Labute approximate surface area is 609 Å². The molecule has 3 N–H and O–H groups in total. The molecule has 1 amide bonds. The molecular weight excluding hydrogens is 1190 g/mol. The fourth-order valence-electron chi connectivity index (χ4n) is 14.6. The standard InChI is InChI=1S/C91H177NO5/c1-3-5-7-9-11-13-15-17-19-21-23-24-25-39-42-45-48-51-55-59-63-67-71-75-79-83-89(94)88(87-93)92-90(95)84-80-76-72-68-64-60-56-52-49-46-43-40-37-35-33-31-29-27-26-28-30-32-34-36-38-41-44-47-50-54-58-62-66-70-74-78-82-86-97-91(96)85-81-77-73-69-65-61-57-53-22-20-18-16-14-12-10-8-6-4-2/h20,22,79,83,88-89,93-94H,3-19,21,23-78,80-82,84-87H2,1-2H3,(H,92,95)/b22-20-,83-79+. The van der Waals surface area contributed by atoms with E-state index in [1.165, 1.54) is 456 Å². The van der Waals surface area contributed by atoms with Crippen LogP contribution in [0, 0.1) is 0 Å². The summed E-state index contributed by atoms with van der Waals surface area (Å²) in [4.78, 5) is 24.7. The average molecular weight is 1370 g/mol. The van der Waals surface area contributed by atoms with Gasteiger partial charge in [-0.15, -0.1) is 0 Å². The first-order valence-electron chi connectivity index (χ1n) is 45.1. The summed E-state index contributed by atoms with van der Waals surface area (Å²) in [6.07, 6.45) is 114. The Morgan fingerprint density at radius 3 is 0.732 bits per heavy atom. The summed E-state index contributed by atoms with van der Waals surface area (Å²) in [5, 5.41) is 23.4. The van der Waals surface area contributed by atoms with E-state index in [-0.39, 0.29) is 18.5 Å². The first-order chi connectivity index (χ1) is 48.0. The van der Waals surface area contributed by atoms with Gasteiger partial charge in [0.1, 0.15) is 0 Å². The van der Waals surface area contributed by atoms with E-state index in [0.29, 0.717) is 19.4 Å². The molecule has 0 saturated carbocycles. The van der Waals surface area contributed by atoms with Crippen LogP contribution >= 0.6 is 0 Å². The van der Waals surface area contributed by atoms with Gasteiger partial charge in [0.25, 0.3) is 0 Å². The fourth-order valence-corrected chi connectivity index (χ4v) is 14.6. The summed E-state index contributed by atoms with van der Waals surface area (Å²) in [6, 6.07) is -0.625. The summed E-state index contributed by atoms with van der Waals surface area (Å²) >= 11 is 0. The van der Waals surface area contributed by atoms with Gasteiger partial charge in [-0.1, -0.05) is 475 Å². The van der Waals surface area contributed by atoms with Crippen LogP contribution in [0.3, 0.4) is 0 Å². The number of amides is 1. The minimum atomic E-state index is -0.842.